The third-order valence-corrected chi connectivity index (χ3v) is 2.11. The van der Waals surface area contributed by atoms with E-state index in [2.05, 4.69) is 18.5 Å². The fraction of sp³-hybridized carbons (Fsp3) is 1.00. The van der Waals surface area contributed by atoms with E-state index >= 15 is 0 Å². The van der Waals surface area contributed by atoms with Gasteiger partial charge in [0.1, 0.15) is 0 Å². The van der Waals surface area contributed by atoms with E-state index in [9.17, 15) is 0 Å². The molecule has 1 nitrogen and oxygen atoms in total. The maximum absolute atomic E-state index is 3.41. The van der Waals surface area contributed by atoms with Crippen LogP contribution in [0.4, 0.5) is 0 Å². The van der Waals surface area contributed by atoms with Crippen molar-refractivity contribution in [2.45, 2.75) is 26.2 Å². The van der Waals surface area contributed by atoms with Gasteiger partial charge in [0.15, 0.2) is 0 Å². The zero-order chi connectivity index (χ0) is 7.66. The van der Waals surface area contributed by atoms with Crippen molar-refractivity contribution < 1.29 is 0 Å². The van der Waals surface area contributed by atoms with Gasteiger partial charge in [-0.3, -0.25) is 0 Å². The SMILES string of the molecule is CCCCNCCCSC. The van der Waals surface area contributed by atoms with Crippen molar-refractivity contribution in [1.82, 2.24) is 5.32 Å². The van der Waals surface area contributed by atoms with Crippen LogP contribution < -0.4 is 5.32 Å². The molecule has 0 bridgehead atoms. The molecule has 0 spiro atoms. The molecule has 0 rings (SSSR count). The molecule has 62 valence electrons. The van der Waals surface area contributed by atoms with Crippen LogP contribution in [0.5, 0.6) is 0 Å². The maximum atomic E-state index is 3.41. The van der Waals surface area contributed by atoms with Gasteiger partial charge < -0.3 is 5.32 Å². The molecule has 0 saturated heterocycles. The van der Waals surface area contributed by atoms with Crippen LogP contribution in [0.2, 0.25) is 0 Å². The molecule has 1 N–H and O–H groups in total. The van der Waals surface area contributed by atoms with Gasteiger partial charge in [-0.1, -0.05) is 13.3 Å². The highest BCUT2D eigenvalue weighted by molar-refractivity contribution is 7.98. The zero-order valence-electron chi connectivity index (χ0n) is 7.15. The van der Waals surface area contributed by atoms with Crippen molar-refractivity contribution in [2.24, 2.45) is 0 Å². The smallest absolute Gasteiger partial charge is 0.00411 e. The third-order valence-electron chi connectivity index (χ3n) is 1.41. The molecule has 0 fully saturated rings. The van der Waals surface area contributed by atoms with Crippen molar-refractivity contribution in [3.05, 3.63) is 0 Å². The highest BCUT2D eigenvalue weighted by Crippen LogP contribution is 1.93. The number of hydrogen-bond acceptors (Lipinski definition) is 2. The van der Waals surface area contributed by atoms with Crippen molar-refractivity contribution >= 4 is 11.8 Å². The van der Waals surface area contributed by atoms with Crippen molar-refractivity contribution in [3.8, 4) is 0 Å². The molecule has 0 aliphatic carbocycles. The summed E-state index contributed by atoms with van der Waals surface area (Å²) in [6, 6.07) is 0. The summed E-state index contributed by atoms with van der Waals surface area (Å²) in [5.74, 6) is 1.29. The minimum absolute atomic E-state index is 1.20. The Morgan fingerprint density at radius 1 is 1.20 bits per heavy atom. The average Bonchev–Trinajstić information content (AvgIpc) is 1.97. The summed E-state index contributed by atoms with van der Waals surface area (Å²) in [5, 5.41) is 3.41. The first-order valence-corrected chi connectivity index (χ1v) is 5.50. The van der Waals surface area contributed by atoms with E-state index in [0.717, 1.165) is 0 Å². The first-order chi connectivity index (χ1) is 4.91. The highest BCUT2D eigenvalue weighted by Gasteiger charge is 1.85. The van der Waals surface area contributed by atoms with Gasteiger partial charge in [-0.2, -0.15) is 11.8 Å². The number of hydrogen-bond donors (Lipinski definition) is 1. The van der Waals surface area contributed by atoms with Crippen LogP contribution in [-0.4, -0.2) is 25.1 Å². The summed E-state index contributed by atoms with van der Waals surface area (Å²) in [4.78, 5) is 0. The van der Waals surface area contributed by atoms with Gasteiger partial charge in [-0.05, 0) is 37.9 Å². The third kappa shape index (κ3) is 8.31. The summed E-state index contributed by atoms with van der Waals surface area (Å²) >= 11 is 1.93. The Morgan fingerprint density at radius 3 is 2.50 bits per heavy atom. The van der Waals surface area contributed by atoms with Crippen molar-refractivity contribution in [2.75, 3.05) is 25.1 Å². The standard InChI is InChI=1S/C8H19NS/c1-3-4-6-9-7-5-8-10-2/h9H,3-8H2,1-2H3. The zero-order valence-corrected chi connectivity index (χ0v) is 7.97. The number of nitrogens with one attached hydrogen (secondary N) is 1. The lowest BCUT2D eigenvalue weighted by Crippen LogP contribution is -2.16. The topological polar surface area (TPSA) is 12.0 Å². The highest BCUT2D eigenvalue weighted by atomic mass is 32.2. The molecule has 0 radical (unpaired) electrons. The Bertz CT molecular complexity index is 49.2. The lowest BCUT2D eigenvalue weighted by atomic mass is 10.3. The minimum atomic E-state index is 1.20. The molecule has 0 aliphatic heterocycles. The van der Waals surface area contributed by atoms with Gasteiger partial charge in [0.2, 0.25) is 0 Å². The van der Waals surface area contributed by atoms with E-state index < -0.39 is 0 Å². The Balaban J connectivity index is 2.65. The maximum Gasteiger partial charge on any atom is -0.00411 e. The van der Waals surface area contributed by atoms with Crippen LogP contribution in [0.15, 0.2) is 0 Å². The molecule has 0 heterocycles. The van der Waals surface area contributed by atoms with E-state index in [-0.39, 0.29) is 0 Å². The van der Waals surface area contributed by atoms with Crippen LogP contribution >= 0.6 is 11.8 Å². The first kappa shape index (κ1) is 10.3. The van der Waals surface area contributed by atoms with Gasteiger partial charge in [0, 0.05) is 0 Å². The summed E-state index contributed by atoms with van der Waals surface area (Å²) in [5.41, 5.74) is 0. The van der Waals surface area contributed by atoms with Crippen LogP contribution in [0.1, 0.15) is 26.2 Å². The number of rotatable bonds is 7. The lowest BCUT2D eigenvalue weighted by molar-refractivity contribution is 0.635. The fourth-order valence-electron chi connectivity index (χ4n) is 0.768. The summed E-state index contributed by atoms with van der Waals surface area (Å²) in [7, 11) is 0. The lowest BCUT2D eigenvalue weighted by Gasteiger charge is -2.01. The molecule has 10 heavy (non-hydrogen) atoms. The largest absolute Gasteiger partial charge is 0.317 e. The Kier molecular flexibility index (Phi) is 9.60. The summed E-state index contributed by atoms with van der Waals surface area (Å²) in [6.45, 7) is 4.62. The van der Waals surface area contributed by atoms with Gasteiger partial charge >= 0.3 is 0 Å². The molecule has 0 saturated carbocycles. The second kappa shape index (κ2) is 9.31. The van der Waals surface area contributed by atoms with Crippen LogP contribution in [0.25, 0.3) is 0 Å². The van der Waals surface area contributed by atoms with Crippen LogP contribution in [0.3, 0.4) is 0 Å². The van der Waals surface area contributed by atoms with E-state index in [1.807, 2.05) is 11.8 Å². The van der Waals surface area contributed by atoms with Crippen LogP contribution in [0, 0.1) is 0 Å². The second-order valence-electron chi connectivity index (χ2n) is 2.45. The molecule has 0 aromatic heterocycles. The molecule has 0 aliphatic rings. The van der Waals surface area contributed by atoms with Gasteiger partial charge in [0.25, 0.3) is 0 Å². The first-order valence-electron chi connectivity index (χ1n) is 4.11. The summed E-state index contributed by atoms with van der Waals surface area (Å²) < 4.78 is 0. The quantitative estimate of drug-likeness (QED) is 0.574. The molecule has 0 atom stereocenters. The van der Waals surface area contributed by atoms with Gasteiger partial charge in [-0.15, -0.1) is 0 Å². The predicted molar refractivity (Wildman–Crippen MR) is 50.8 cm³/mol. The number of thioether (sulfide) groups is 1. The van der Waals surface area contributed by atoms with E-state index in [4.69, 9.17) is 0 Å². The van der Waals surface area contributed by atoms with Gasteiger partial charge in [0.05, 0.1) is 0 Å². The molecular formula is C8H19NS. The Hall–Kier alpha value is 0.310. The summed E-state index contributed by atoms with van der Waals surface area (Å²) in [6.07, 6.45) is 6.09. The van der Waals surface area contributed by atoms with E-state index in [1.165, 1.54) is 38.1 Å². The van der Waals surface area contributed by atoms with Crippen molar-refractivity contribution in [3.63, 3.8) is 0 Å². The molecule has 0 aromatic carbocycles. The predicted octanol–water partition coefficient (Wildman–Crippen LogP) is 2.13. The van der Waals surface area contributed by atoms with Gasteiger partial charge in [-0.25, -0.2) is 0 Å². The monoisotopic (exact) mass is 161 g/mol. The Morgan fingerprint density at radius 2 is 1.90 bits per heavy atom. The molecule has 0 amide bonds. The van der Waals surface area contributed by atoms with E-state index in [1.54, 1.807) is 0 Å². The Labute approximate surface area is 69.0 Å². The van der Waals surface area contributed by atoms with Crippen molar-refractivity contribution in [1.29, 1.82) is 0 Å². The average molecular weight is 161 g/mol. The molecule has 0 unspecified atom stereocenters. The van der Waals surface area contributed by atoms with Crippen LogP contribution in [-0.2, 0) is 0 Å². The van der Waals surface area contributed by atoms with E-state index in [0.29, 0.717) is 0 Å². The molecular weight excluding hydrogens is 142 g/mol. The second-order valence-corrected chi connectivity index (χ2v) is 3.44. The minimum Gasteiger partial charge on any atom is -0.317 e. The fourth-order valence-corrected chi connectivity index (χ4v) is 1.20. The molecule has 0 aromatic rings. The molecule has 2 heteroatoms. The number of unbranched alkanes of at least 4 members (excludes halogenated alkanes) is 1. The normalized spacial score (nSPS) is 10.2.